The van der Waals surface area contributed by atoms with Crippen LogP contribution in [-0.4, -0.2) is 19.7 Å². The number of aryl methyl sites for hydroxylation is 1. The van der Waals surface area contributed by atoms with Crippen molar-refractivity contribution in [3.8, 4) is 22.4 Å². The fraction of sp³-hybridized carbons (Fsp3) is 0.111. The standard InChI is InChI=1S/C18H16BrN5/c1-2-24-10-14(17(23-24)11-4-3-5-12(20)8-11)13-6-7-21-18-16(13)15(19)9-22-18/h3-10H,2,20H2,1H3,(H,21,22). The highest BCUT2D eigenvalue weighted by molar-refractivity contribution is 9.10. The average molecular weight is 382 g/mol. The molecule has 0 aliphatic carbocycles. The van der Waals surface area contributed by atoms with Crippen LogP contribution in [0.2, 0.25) is 0 Å². The third-order valence-electron chi connectivity index (χ3n) is 4.06. The highest BCUT2D eigenvalue weighted by Crippen LogP contribution is 2.38. The van der Waals surface area contributed by atoms with Crippen LogP contribution in [0, 0.1) is 0 Å². The van der Waals surface area contributed by atoms with E-state index in [-0.39, 0.29) is 0 Å². The molecular formula is C18H16BrN5. The summed E-state index contributed by atoms with van der Waals surface area (Å²) in [5.41, 5.74) is 11.6. The third-order valence-corrected chi connectivity index (χ3v) is 4.69. The van der Waals surface area contributed by atoms with E-state index >= 15 is 0 Å². The number of H-pyrrole nitrogens is 1. The van der Waals surface area contributed by atoms with Crippen molar-refractivity contribution < 1.29 is 0 Å². The summed E-state index contributed by atoms with van der Waals surface area (Å²) < 4.78 is 2.93. The topological polar surface area (TPSA) is 72.5 Å². The van der Waals surface area contributed by atoms with Gasteiger partial charge in [-0.3, -0.25) is 4.68 Å². The number of fused-ring (bicyclic) bond motifs is 1. The van der Waals surface area contributed by atoms with Crippen LogP contribution in [0.15, 0.2) is 53.4 Å². The van der Waals surface area contributed by atoms with E-state index in [9.17, 15) is 0 Å². The van der Waals surface area contributed by atoms with E-state index in [4.69, 9.17) is 10.8 Å². The van der Waals surface area contributed by atoms with Gasteiger partial charge in [-0.15, -0.1) is 0 Å². The first kappa shape index (κ1) is 15.0. The monoisotopic (exact) mass is 381 g/mol. The van der Waals surface area contributed by atoms with Gasteiger partial charge in [0.25, 0.3) is 0 Å². The minimum Gasteiger partial charge on any atom is -0.399 e. The Hall–Kier alpha value is -2.60. The van der Waals surface area contributed by atoms with Gasteiger partial charge in [0.05, 0.1) is 0 Å². The number of nitrogens with two attached hydrogens (primary N) is 1. The van der Waals surface area contributed by atoms with Crippen LogP contribution in [0.1, 0.15) is 6.92 Å². The lowest BCUT2D eigenvalue weighted by atomic mass is 10.0. The summed E-state index contributed by atoms with van der Waals surface area (Å²) in [5, 5.41) is 5.81. The predicted molar refractivity (Wildman–Crippen MR) is 101 cm³/mol. The van der Waals surface area contributed by atoms with Gasteiger partial charge in [0.2, 0.25) is 0 Å². The maximum Gasteiger partial charge on any atom is 0.139 e. The Morgan fingerprint density at radius 3 is 2.92 bits per heavy atom. The summed E-state index contributed by atoms with van der Waals surface area (Å²) in [4.78, 5) is 7.58. The van der Waals surface area contributed by atoms with Gasteiger partial charge in [-0.05, 0) is 46.6 Å². The molecule has 1 aromatic carbocycles. The van der Waals surface area contributed by atoms with Gasteiger partial charge in [-0.2, -0.15) is 5.10 Å². The number of hydrogen-bond donors (Lipinski definition) is 2. The molecule has 0 bridgehead atoms. The van der Waals surface area contributed by atoms with E-state index in [1.54, 1.807) is 0 Å². The van der Waals surface area contributed by atoms with Gasteiger partial charge in [-0.1, -0.05) is 12.1 Å². The van der Waals surface area contributed by atoms with Gasteiger partial charge < -0.3 is 10.7 Å². The predicted octanol–water partition coefficient (Wildman–Crippen LogP) is 4.46. The minimum atomic E-state index is 0.729. The Labute approximate surface area is 147 Å². The molecule has 5 nitrogen and oxygen atoms in total. The largest absolute Gasteiger partial charge is 0.399 e. The smallest absolute Gasteiger partial charge is 0.139 e. The molecule has 3 heterocycles. The molecule has 6 heteroatoms. The zero-order chi connectivity index (χ0) is 16.7. The Bertz CT molecular complexity index is 1030. The molecule has 24 heavy (non-hydrogen) atoms. The maximum atomic E-state index is 5.97. The van der Waals surface area contributed by atoms with Crippen molar-refractivity contribution >= 4 is 32.7 Å². The van der Waals surface area contributed by atoms with Crippen molar-refractivity contribution in [2.24, 2.45) is 0 Å². The van der Waals surface area contributed by atoms with Crippen molar-refractivity contribution in [2.75, 3.05) is 5.73 Å². The number of anilines is 1. The summed E-state index contributed by atoms with van der Waals surface area (Å²) in [6.45, 7) is 2.88. The van der Waals surface area contributed by atoms with Crippen LogP contribution in [0.4, 0.5) is 5.69 Å². The third kappa shape index (κ3) is 2.39. The number of rotatable bonds is 3. The first-order chi connectivity index (χ1) is 11.7. The van der Waals surface area contributed by atoms with Gasteiger partial charge in [0.15, 0.2) is 0 Å². The lowest BCUT2D eigenvalue weighted by Gasteiger charge is -2.05. The molecule has 0 atom stereocenters. The van der Waals surface area contributed by atoms with E-state index in [0.29, 0.717) is 0 Å². The van der Waals surface area contributed by atoms with Gasteiger partial charge in [0.1, 0.15) is 11.3 Å². The molecule has 3 N–H and O–H groups in total. The molecule has 0 unspecified atom stereocenters. The van der Waals surface area contributed by atoms with E-state index in [2.05, 4.69) is 39.0 Å². The summed E-state index contributed by atoms with van der Waals surface area (Å²) >= 11 is 3.61. The van der Waals surface area contributed by atoms with Gasteiger partial charge >= 0.3 is 0 Å². The van der Waals surface area contributed by atoms with Crippen molar-refractivity contribution in [3.05, 3.63) is 53.4 Å². The molecule has 0 saturated carbocycles. The molecule has 120 valence electrons. The lowest BCUT2D eigenvalue weighted by Crippen LogP contribution is -1.94. The minimum absolute atomic E-state index is 0.729. The Morgan fingerprint density at radius 2 is 2.12 bits per heavy atom. The second kappa shape index (κ2) is 5.79. The molecule has 0 saturated heterocycles. The second-order valence-corrected chi connectivity index (χ2v) is 6.45. The van der Waals surface area contributed by atoms with Gasteiger partial charge in [-0.25, -0.2) is 4.98 Å². The van der Waals surface area contributed by atoms with Crippen molar-refractivity contribution in [3.63, 3.8) is 0 Å². The number of hydrogen-bond acceptors (Lipinski definition) is 3. The maximum absolute atomic E-state index is 5.97. The molecule has 0 aliphatic rings. The fourth-order valence-corrected chi connectivity index (χ4v) is 3.44. The Kier molecular flexibility index (Phi) is 3.61. The average Bonchev–Trinajstić information content (AvgIpc) is 3.19. The highest BCUT2D eigenvalue weighted by atomic mass is 79.9. The number of aromatic nitrogens is 4. The fourth-order valence-electron chi connectivity index (χ4n) is 2.92. The van der Waals surface area contributed by atoms with E-state index in [1.165, 1.54) is 0 Å². The molecule has 3 aromatic heterocycles. The molecule has 0 amide bonds. The number of nitrogens with zero attached hydrogens (tertiary/aromatic N) is 3. The van der Waals surface area contributed by atoms with Crippen LogP contribution < -0.4 is 5.73 Å². The number of pyridine rings is 1. The number of halogens is 1. The normalized spacial score (nSPS) is 11.2. The highest BCUT2D eigenvalue weighted by Gasteiger charge is 2.17. The molecule has 0 aliphatic heterocycles. The quantitative estimate of drug-likeness (QED) is 0.514. The van der Waals surface area contributed by atoms with E-state index in [1.807, 2.05) is 47.4 Å². The number of nitrogens with one attached hydrogen (secondary N) is 1. The lowest BCUT2D eigenvalue weighted by molar-refractivity contribution is 0.662. The van der Waals surface area contributed by atoms with E-state index < -0.39 is 0 Å². The van der Waals surface area contributed by atoms with Crippen LogP contribution >= 0.6 is 15.9 Å². The SMILES string of the molecule is CCn1cc(-c2ccnc3[nH]cc(Br)c23)c(-c2cccc(N)c2)n1. The van der Waals surface area contributed by atoms with Crippen LogP contribution in [0.25, 0.3) is 33.4 Å². The van der Waals surface area contributed by atoms with Crippen LogP contribution in [0.5, 0.6) is 0 Å². The zero-order valence-corrected chi connectivity index (χ0v) is 14.7. The molecule has 0 radical (unpaired) electrons. The van der Waals surface area contributed by atoms with E-state index in [0.717, 1.165) is 50.1 Å². The number of benzene rings is 1. The summed E-state index contributed by atoms with van der Waals surface area (Å²) in [5.74, 6) is 0. The molecular weight excluding hydrogens is 366 g/mol. The number of nitrogen functional groups attached to an aromatic ring is 1. The molecule has 4 aromatic rings. The summed E-state index contributed by atoms with van der Waals surface area (Å²) in [6, 6.07) is 9.85. The van der Waals surface area contributed by atoms with Crippen molar-refractivity contribution in [2.45, 2.75) is 13.5 Å². The van der Waals surface area contributed by atoms with Crippen molar-refractivity contribution in [1.29, 1.82) is 0 Å². The Balaban J connectivity index is 2.01. The summed E-state index contributed by atoms with van der Waals surface area (Å²) in [7, 11) is 0. The van der Waals surface area contributed by atoms with Crippen LogP contribution in [-0.2, 0) is 6.54 Å². The molecule has 0 fully saturated rings. The zero-order valence-electron chi connectivity index (χ0n) is 13.1. The van der Waals surface area contributed by atoms with Crippen LogP contribution in [0.3, 0.4) is 0 Å². The number of aromatic amines is 1. The van der Waals surface area contributed by atoms with Gasteiger partial charge in [0, 0.05) is 51.8 Å². The first-order valence-electron chi connectivity index (χ1n) is 7.72. The Morgan fingerprint density at radius 1 is 1.25 bits per heavy atom. The van der Waals surface area contributed by atoms with Crippen molar-refractivity contribution in [1.82, 2.24) is 19.7 Å². The molecule has 0 spiro atoms. The molecule has 4 rings (SSSR count). The first-order valence-corrected chi connectivity index (χ1v) is 8.52. The second-order valence-electron chi connectivity index (χ2n) is 5.59. The summed E-state index contributed by atoms with van der Waals surface area (Å²) in [6.07, 6.45) is 5.80.